The zero-order chi connectivity index (χ0) is 24.0. The molecule has 2 aromatic rings. The fourth-order valence-corrected chi connectivity index (χ4v) is 4.65. The number of nitrogens with one attached hydrogen (secondary N) is 1. The molecular formula is C22H23Cl2N3O5S. The standard InChI is InChI=1S/C22H23Cl2N3O5S/c1-32-22(29)17-11-16(3-5-20(17)27(30)31)33-13-21(28)25-15-6-8-26(9-7-15)12-14-2-4-18(23)19(24)10-14/h2-5,10-11,15H,6-9,12-13H2,1H3,(H,25,28). The molecule has 8 nitrogen and oxygen atoms in total. The molecule has 0 saturated carbocycles. The van der Waals surface area contributed by atoms with E-state index in [4.69, 9.17) is 23.2 Å². The third kappa shape index (κ3) is 7.07. The van der Waals surface area contributed by atoms with Gasteiger partial charge in [-0.05, 0) is 42.7 Å². The van der Waals surface area contributed by atoms with Crippen LogP contribution in [0.2, 0.25) is 10.0 Å². The Morgan fingerprint density at radius 3 is 2.55 bits per heavy atom. The largest absolute Gasteiger partial charge is 0.465 e. The minimum Gasteiger partial charge on any atom is -0.465 e. The normalized spacial score (nSPS) is 14.6. The predicted molar refractivity (Wildman–Crippen MR) is 128 cm³/mol. The summed E-state index contributed by atoms with van der Waals surface area (Å²) in [5.41, 5.74) is 0.628. The van der Waals surface area contributed by atoms with E-state index in [2.05, 4.69) is 15.0 Å². The second kappa shape index (κ2) is 11.7. The fourth-order valence-electron chi connectivity index (χ4n) is 3.59. The molecule has 0 bridgehead atoms. The van der Waals surface area contributed by atoms with Gasteiger partial charge in [-0.2, -0.15) is 0 Å². The number of methoxy groups -OCH3 is 1. The van der Waals surface area contributed by atoms with Gasteiger partial charge in [-0.3, -0.25) is 19.8 Å². The number of carbonyl (C=O) groups is 2. The molecule has 0 aliphatic carbocycles. The Bertz CT molecular complexity index is 1040. The summed E-state index contributed by atoms with van der Waals surface area (Å²) in [6, 6.07) is 9.86. The maximum atomic E-state index is 12.4. The second-order valence-corrected chi connectivity index (χ2v) is 9.45. The molecular weight excluding hydrogens is 489 g/mol. The van der Waals surface area contributed by atoms with Crippen LogP contribution >= 0.6 is 35.0 Å². The highest BCUT2D eigenvalue weighted by Crippen LogP contribution is 2.27. The van der Waals surface area contributed by atoms with Crippen molar-refractivity contribution in [2.75, 3.05) is 26.0 Å². The molecule has 33 heavy (non-hydrogen) atoms. The van der Waals surface area contributed by atoms with E-state index >= 15 is 0 Å². The summed E-state index contributed by atoms with van der Waals surface area (Å²) in [5.74, 6) is -0.774. The molecule has 1 aliphatic rings. The van der Waals surface area contributed by atoms with Crippen LogP contribution in [0.25, 0.3) is 0 Å². The molecule has 0 unspecified atom stereocenters. The van der Waals surface area contributed by atoms with Crippen molar-refractivity contribution in [2.45, 2.75) is 30.3 Å². The highest BCUT2D eigenvalue weighted by atomic mass is 35.5. The summed E-state index contributed by atoms with van der Waals surface area (Å²) in [4.78, 5) is 37.6. The first kappa shape index (κ1) is 25.3. The maximum absolute atomic E-state index is 12.4. The number of nitrogens with zero attached hydrogens (tertiary/aromatic N) is 2. The average molecular weight is 512 g/mol. The van der Waals surface area contributed by atoms with Gasteiger partial charge < -0.3 is 10.1 Å². The number of rotatable bonds is 8. The van der Waals surface area contributed by atoms with Crippen molar-refractivity contribution >= 4 is 52.5 Å². The topological polar surface area (TPSA) is 102 Å². The summed E-state index contributed by atoms with van der Waals surface area (Å²) >= 11 is 13.3. The highest BCUT2D eigenvalue weighted by molar-refractivity contribution is 8.00. The molecule has 3 rings (SSSR count). The summed E-state index contributed by atoms with van der Waals surface area (Å²) in [6.07, 6.45) is 1.67. The first-order valence-electron chi connectivity index (χ1n) is 10.2. The molecule has 0 aromatic heterocycles. The van der Waals surface area contributed by atoms with Crippen LogP contribution in [-0.2, 0) is 16.1 Å². The molecule has 1 heterocycles. The van der Waals surface area contributed by atoms with E-state index in [1.54, 1.807) is 6.07 Å². The SMILES string of the molecule is COC(=O)c1cc(SCC(=O)NC2CCN(Cc3ccc(Cl)c(Cl)c3)CC2)ccc1[N+](=O)[O-]. The third-order valence-electron chi connectivity index (χ3n) is 5.28. The highest BCUT2D eigenvalue weighted by Gasteiger charge is 2.23. The summed E-state index contributed by atoms with van der Waals surface area (Å²) in [6.45, 7) is 2.47. The Kier molecular flexibility index (Phi) is 8.96. The van der Waals surface area contributed by atoms with Crippen molar-refractivity contribution in [3.8, 4) is 0 Å². The van der Waals surface area contributed by atoms with Crippen molar-refractivity contribution < 1.29 is 19.2 Å². The van der Waals surface area contributed by atoms with Crippen LogP contribution in [0.15, 0.2) is 41.3 Å². The van der Waals surface area contributed by atoms with E-state index in [0.717, 1.165) is 45.1 Å². The van der Waals surface area contributed by atoms with Crippen LogP contribution in [-0.4, -0.2) is 53.7 Å². The van der Waals surface area contributed by atoms with Gasteiger partial charge in [-0.25, -0.2) is 4.79 Å². The Labute approximate surface area is 205 Å². The number of nitro benzene ring substituents is 1. The van der Waals surface area contributed by atoms with Gasteiger partial charge in [-0.1, -0.05) is 29.3 Å². The molecule has 1 saturated heterocycles. The lowest BCUT2D eigenvalue weighted by atomic mass is 10.0. The number of piperidine rings is 1. The molecule has 1 aliphatic heterocycles. The number of thioether (sulfide) groups is 1. The number of hydrogen-bond acceptors (Lipinski definition) is 7. The van der Waals surface area contributed by atoms with E-state index in [0.29, 0.717) is 14.9 Å². The minimum atomic E-state index is -0.791. The number of amides is 1. The van der Waals surface area contributed by atoms with Crippen molar-refractivity contribution in [3.63, 3.8) is 0 Å². The van der Waals surface area contributed by atoms with E-state index < -0.39 is 10.9 Å². The van der Waals surface area contributed by atoms with Gasteiger partial charge in [0.05, 0.1) is 27.8 Å². The number of ether oxygens (including phenoxy) is 1. The summed E-state index contributed by atoms with van der Waals surface area (Å²) < 4.78 is 4.62. The Morgan fingerprint density at radius 2 is 1.91 bits per heavy atom. The Balaban J connectivity index is 1.46. The lowest BCUT2D eigenvalue weighted by Gasteiger charge is -2.32. The number of hydrogen-bond donors (Lipinski definition) is 1. The van der Waals surface area contributed by atoms with E-state index in [9.17, 15) is 19.7 Å². The Hall–Kier alpha value is -2.33. The number of halogens is 2. The van der Waals surface area contributed by atoms with Gasteiger partial charge in [0.1, 0.15) is 5.56 Å². The Morgan fingerprint density at radius 1 is 1.18 bits per heavy atom. The number of esters is 1. The molecule has 11 heteroatoms. The molecule has 1 fully saturated rings. The second-order valence-electron chi connectivity index (χ2n) is 7.58. The first-order chi connectivity index (χ1) is 15.8. The summed E-state index contributed by atoms with van der Waals surface area (Å²) in [5, 5.41) is 15.2. The van der Waals surface area contributed by atoms with Crippen LogP contribution in [0.5, 0.6) is 0 Å². The third-order valence-corrected chi connectivity index (χ3v) is 7.02. The van der Waals surface area contributed by atoms with Crippen LogP contribution in [0.4, 0.5) is 5.69 Å². The van der Waals surface area contributed by atoms with Crippen LogP contribution < -0.4 is 5.32 Å². The number of carbonyl (C=O) groups excluding carboxylic acids is 2. The van der Waals surface area contributed by atoms with Gasteiger partial charge in [0, 0.05) is 36.6 Å². The van der Waals surface area contributed by atoms with Gasteiger partial charge in [0.15, 0.2) is 0 Å². The van der Waals surface area contributed by atoms with Crippen LogP contribution in [0.1, 0.15) is 28.8 Å². The quantitative estimate of drug-likeness (QED) is 0.240. The molecule has 176 valence electrons. The zero-order valence-corrected chi connectivity index (χ0v) is 20.2. The van der Waals surface area contributed by atoms with Crippen molar-refractivity contribution in [3.05, 3.63) is 67.7 Å². The predicted octanol–water partition coefficient (Wildman–Crippen LogP) is 4.56. The van der Waals surface area contributed by atoms with Gasteiger partial charge in [0.25, 0.3) is 5.69 Å². The number of nitro groups is 1. The first-order valence-corrected chi connectivity index (χ1v) is 12.0. The fraction of sp³-hybridized carbons (Fsp3) is 0.364. The van der Waals surface area contributed by atoms with Gasteiger partial charge in [-0.15, -0.1) is 11.8 Å². The van der Waals surface area contributed by atoms with Crippen LogP contribution in [0, 0.1) is 10.1 Å². The molecule has 0 atom stereocenters. The average Bonchev–Trinajstić information content (AvgIpc) is 2.80. The van der Waals surface area contributed by atoms with Crippen LogP contribution in [0.3, 0.4) is 0 Å². The van der Waals surface area contributed by atoms with E-state index in [1.807, 2.05) is 12.1 Å². The zero-order valence-electron chi connectivity index (χ0n) is 17.9. The van der Waals surface area contributed by atoms with Gasteiger partial charge in [0.2, 0.25) is 5.91 Å². The van der Waals surface area contributed by atoms with E-state index in [-0.39, 0.29) is 29.0 Å². The molecule has 0 radical (unpaired) electrons. The van der Waals surface area contributed by atoms with Gasteiger partial charge >= 0.3 is 5.97 Å². The molecule has 2 aromatic carbocycles. The number of benzene rings is 2. The van der Waals surface area contributed by atoms with Crippen molar-refractivity contribution in [1.29, 1.82) is 0 Å². The molecule has 1 N–H and O–H groups in total. The van der Waals surface area contributed by atoms with Crippen molar-refractivity contribution in [2.24, 2.45) is 0 Å². The number of likely N-dealkylation sites (tertiary alicyclic amines) is 1. The lowest BCUT2D eigenvalue weighted by molar-refractivity contribution is -0.385. The summed E-state index contributed by atoms with van der Waals surface area (Å²) in [7, 11) is 1.16. The lowest BCUT2D eigenvalue weighted by Crippen LogP contribution is -2.44. The monoisotopic (exact) mass is 511 g/mol. The maximum Gasteiger partial charge on any atom is 0.344 e. The molecule has 0 spiro atoms. The van der Waals surface area contributed by atoms with Crippen molar-refractivity contribution in [1.82, 2.24) is 10.2 Å². The van der Waals surface area contributed by atoms with E-state index in [1.165, 1.54) is 30.0 Å². The molecule has 1 amide bonds. The smallest absolute Gasteiger partial charge is 0.344 e. The minimum absolute atomic E-state index is 0.0886.